The van der Waals surface area contributed by atoms with E-state index in [1.54, 1.807) is 0 Å². The molecule has 0 radical (unpaired) electrons. The summed E-state index contributed by atoms with van der Waals surface area (Å²) in [6.45, 7) is 0.497. The second-order valence-electron chi connectivity index (χ2n) is 5.51. The van der Waals surface area contributed by atoms with Crippen LogP contribution in [0.5, 0.6) is 0 Å². The first kappa shape index (κ1) is 20.0. The van der Waals surface area contributed by atoms with Crippen LogP contribution in [0.4, 0.5) is 16.2 Å². The highest BCUT2D eigenvalue weighted by Gasteiger charge is 2.22. The van der Waals surface area contributed by atoms with Gasteiger partial charge in [0, 0.05) is 6.42 Å². The minimum absolute atomic E-state index is 0.0298. The van der Waals surface area contributed by atoms with Crippen molar-refractivity contribution in [3.8, 4) is 0 Å². The standard InChI is InChI=1S/C15H19ClN4O5S/c1-18-7-8-19(11-18)6-3-9-26(23,24)20(22)12-4-5-14(13(16)10-12)17-15(21)25-2/h4-5,7-8,10-11,22H,3,6,9H2,1-2H3/p+1. The van der Waals surface area contributed by atoms with Crippen molar-refractivity contribution in [2.45, 2.75) is 13.0 Å². The first-order valence-corrected chi connectivity index (χ1v) is 9.59. The van der Waals surface area contributed by atoms with Crippen molar-refractivity contribution in [1.29, 1.82) is 0 Å². The molecule has 142 valence electrons. The third-order valence-electron chi connectivity index (χ3n) is 3.50. The quantitative estimate of drug-likeness (QED) is 0.541. The van der Waals surface area contributed by atoms with Crippen molar-refractivity contribution in [1.82, 2.24) is 4.57 Å². The topological polar surface area (TPSA) is 105 Å². The van der Waals surface area contributed by atoms with Gasteiger partial charge >= 0.3 is 6.09 Å². The molecular weight excluding hydrogens is 384 g/mol. The van der Waals surface area contributed by atoms with Crippen LogP contribution in [0.25, 0.3) is 0 Å². The number of imidazole rings is 1. The van der Waals surface area contributed by atoms with Gasteiger partial charge in [0.25, 0.3) is 10.0 Å². The SMILES string of the molecule is COC(=O)Nc1ccc(N(O)S(=O)(=O)CCCn2cc[n+](C)c2)cc1Cl. The number of hydrogen-bond acceptors (Lipinski definition) is 5. The van der Waals surface area contributed by atoms with E-state index in [1.807, 2.05) is 34.9 Å². The van der Waals surface area contributed by atoms with Gasteiger partial charge in [0.1, 0.15) is 12.4 Å². The van der Waals surface area contributed by atoms with Crippen molar-refractivity contribution >= 4 is 39.1 Å². The number of aromatic nitrogens is 2. The van der Waals surface area contributed by atoms with E-state index in [0.29, 0.717) is 13.0 Å². The number of halogens is 1. The molecule has 1 aromatic carbocycles. The predicted octanol–water partition coefficient (Wildman–Crippen LogP) is 1.76. The fourth-order valence-corrected chi connectivity index (χ4v) is 3.52. The molecule has 0 spiro atoms. The average molecular weight is 404 g/mol. The summed E-state index contributed by atoms with van der Waals surface area (Å²) >= 11 is 6.00. The van der Waals surface area contributed by atoms with Crippen LogP contribution in [0.3, 0.4) is 0 Å². The van der Waals surface area contributed by atoms with E-state index in [4.69, 9.17) is 11.6 Å². The Labute approximate surface area is 156 Å². The maximum absolute atomic E-state index is 12.3. The van der Waals surface area contributed by atoms with Crippen LogP contribution in [-0.4, -0.2) is 37.1 Å². The number of ether oxygens (including phenoxy) is 1. The number of hydrogen-bond donors (Lipinski definition) is 2. The van der Waals surface area contributed by atoms with Crippen molar-refractivity contribution < 1.29 is 27.7 Å². The van der Waals surface area contributed by atoms with E-state index in [2.05, 4.69) is 10.1 Å². The average Bonchev–Trinajstić information content (AvgIpc) is 3.00. The number of nitrogens with one attached hydrogen (secondary N) is 1. The number of carbonyl (C=O) groups excluding carboxylic acids is 1. The maximum Gasteiger partial charge on any atom is 0.411 e. The van der Waals surface area contributed by atoms with E-state index in [9.17, 15) is 18.4 Å². The van der Waals surface area contributed by atoms with Crippen LogP contribution < -0.4 is 14.4 Å². The van der Waals surface area contributed by atoms with Crippen LogP contribution in [0.15, 0.2) is 36.9 Å². The van der Waals surface area contributed by atoms with Crippen LogP contribution in [0.2, 0.25) is 5.02 Å². The van der Waals surface area contributed by atoms with E-state index >= 15 is 0 Å². The molecule has 2 N–H and O–H groups in total. The molecule has 0 unspecified atom stereocenters. The molecule has 0 saturated carbocycles. The molecule has 2 rings (SSSR count). The van der Waals surface area contributed by atoms with Crippen molar-refractivity contribution in [2.24, 2.45) is 7.05 Å². The largest absolute Gasteiger partial charge is 0.453 e. The number of methoxy groups -OCH3 is 1. The lowest BCUT2D eigenvalue weighted by molar-refractivity contribution is -0.671. The highest BCUT2D eigenvalue weighted by atomic mass is 35.5. The Kier molecular flexibility index (Phi) is 6.46. The summed E-state index contributed by atoms with van der Waals surface area (Å²) in [6, 6.07) is 3.92. The predicted molar refractivity (Wildman–Crippen MR) is 95.8 cm³/mol. The zero-order chi connectivity index (χ0) is 19.3. The smallest absolute Gasteiger partial charge is 0.411 e. The molecule has 2 aromatic rings. The van der Waals surface area contributed by atoms with Gasteiger partial charge in [-0.15, -0.1) is 4.47 Å². The van der Waals surface area contributed by atoms with E-state index in [-0.39, 0.29) is 26.6 Å². The lowest BCUT2D eigenvalue weighted by Crippen LogP contribution is -2.30. The Morgan fingerprint density at radius 3 is 2.77 bits per heavy atom. The third kappa shape index (κ3) is 5.10. The van der Waals surface area contributed by atoms with Crippen LogP contribution >= 0.6 is 11.6 Å². The van der Waals surface area contributed by atoms with Gasteiger partial charge in [0.15, 0.2) is 0 Å². The summed E-state index contributed by atoms with van der Waals surface area (Å²) in [5.74, 6) is -0.245. The first-order chi connectivity index (χ1) is 12.2. The van der Waals surface area contributed by atoms with Crippen molar-refractivity contribution in [2.75, 3.05) is 22.6 Å². The van der Waals surface area contributed by atoms with Crippen LogP contribution in [0.1, 0.15) is 6.42 Å². The summed E-state index contributed by atoms with van der Waals surface area (Å²) in [5.41, 5.74) is 0.200. The Hall–Kier alpha value is -2.30. The molecule has 11 heteroatoms. The molecule has 1 heterocycles. The van der Waals surface area contributed by atoms with E-state index < -0.39 is 16.1 Å². The zero-order valence-corrected chi connectivity index (χ0v) is 15.9. The van der Waals surface area contributed by atoms with Gasteiger partial charge in [0.05, 0.1) is 42.9 Å². The second kappa shape index (κ2) is 8.39. The maximum atomic E-state index is 12.3. The van der Waals surface area contributed by atoms with Crippen molar-refractivity contribution in [3.63, 3.8) is 0 Å². The fraction of sp³-hybridized carbons (Fsp3) is 0.333. The number of benzene rings is 1. The highest BCUT2D eigenvalue weighted by molar-refractivity contribution is 7.92. The number of sulfonamides is 1. The molecule has 0 aliphatic rings. The van der Waals surface area contributed by atoms with E-state index in [0.717, 1.165) is 0 Å². The van der Waals surface area contributed by atoms with Gasteiger partial charge in [-0.05, 0) is 18.2 Å². The first-order valence-electron chi connectivity index (χ1n) is 7.60. The molecule has 9 nitrogen and oxygen atoms in total. The molecule has 0 bridgehead atoms. The van der Waals surface area contributed by atoms with Gasteiger partial charge in [-0.1, -0.05) is 11.6 Å². The monoisotopic (exact) mass is 403 g/mol. The zero-order valence-electron chi connectivity index (χ0n) is 14.3. The Morgan fingerprint density at radius 2 is 2.19 bits per heavy atom. The van der Waals surface area contributed by atoms with Gasteiger partial charge in [-0.25, -0.2) is 22.3 Å². The molecule has 0 fully saturated rings. The van der Waals surface area contributed by atoms with E-state index in [1.165, 1.54) is 25.3 Å². The fourth-order valence-electron chi connectivity index (χ4n) is 2.20. The van der Waals surface area contributed by atoms with Crippen molar-refractivity contribution in [3.05, 3.63) is 41.9 Å². The lowest BCUT2D eigenvalue weighted by Gasteiger charge is -2.18. The molecule has 0 atom stereocenters. The minimum atomic E-state index is -3.94. The number of amides is 1. The van der Waals surface area contributed by atoms with Gasteiger partial charge in [-0.2, -0.15) is 0 Å². The Balaban J connectivity index is 2.02. The van der Waals surface area contributed by atoms with Crippen LogP contribution in [0, 0.1) is 0 Å². The minimum Gasteiger partial charge on any atom is -0.453 e. The van der Waals surface area contributed by atoms with Gasteiger partial charge in [0.2, 0.25) is 6.33 Å². The number of carbonyl (C=O) groups is 1. The molecule has 1 amide bonds. The molecule has 26 heavy (non-hydrogen) atoms. The van der Waals surface area contributed by atoms with Crippen LogP contribution in [-0.2, 0) is 28.4 Å². The Bertz CT molecular complexity index is 884. The third-order valence-corrected chi connectivity index (χ3v) is 5.36. The Morgan fingerprint density at radius 1 is 1.46 bits per heavy atom. The highest BCUT2D eigenvalue weighted by Crippen LogP contribution is 2.28. The molecule has 0 aliphatic carbocycles. The summed E-state index contributed by atoms with van der Waals surface area (Å²) < 4.78 is 32.9. The summed E-state index contributed by atoms with van der Waals surface area (Å²) in [4.78, 5) is 11.2. The molecule has 1 aromatic heterocycles. The summed E-state index contributed by atoms with van der Waals surface area (Å²) in [5, 5.41) is 12.5. The summed E-state index contributed by atoms with van der Waals surface area (Å²) in [7, 11) is -0.868. The molecule has 0 saturated heterocycles. The summed E-state index contributed by atoms with van der Waals surface area (Å²) in [6.07, 6.45) is 5.11. The normalized spacial score (nSPS) is 11.2. The number of rotatable bonds is 7. The van der Waals surface area contributed by atoms with Gasteiger partial charge in [-0.3, -0.25) is 10.5 Å². The number of aryl methyl sites for hydroxylation is 2. The second-order valence-corrected chi connectivity index (χ2v) is 7.84. The lowest BCUT2D eigenvalue weighted by atomic mass is 10.3. The molecular formula is C15H20ClN4O5S+. The molecule has 0 aliphatic heterocycles. The van der Waals surface area contributed by atoms with Gasteiger partial charge < -0.3 is 4.74 Å². The number of anilines is 2. The number of nitrogens with zero attached hydrogens (tertiary/aromatic N) is 3.